The molecule has 4 saturated heterocycles. The number of ketones is 1. The van der Waals surface area contributed by atoms with Crippen molar-refractivity contribution in [1.29, 1.82) is 0 Å². The first kappa shape index (κ1) is 36.1. The molecule has 44 heavy (non-hydrogen) atoms. The van der Waals surface area contributed by atoms with E-state index >= 15 is 0 Å². The number of methoxy groups -OCH3 is 1. The number of hydrogen-bond acceptors (Lipinski definition) is 11. The topological polar surface area (TPSA) is 113 Å². The lowest BCUT2D eigenvalue weighted by atomic mass is 9.74. The summed E-state index contributed by atoms with van der Waals surface area (Å²) in [5, 5.41) is 22.7. The van der Waals surface area contributed by atoms with E-state index in [0.29, 0.717) is 31.3 Å². The molecule has 0 aliphatic carbocycles. The van der Waals surface area contributed by atoms with Gasteiger partial charge in [0.05, 0.1) is 43.0 Å². The highest BCUT2D eigenvalue weighted by Crippen LogP contribution is 2.39. The van der Waals surface area contributed by atoms with Crippen molar-refractivity contribution >= 4 is 5.78 Å². The number of ether oxygens (including phenoxy) is 5. The van der Waals surface area contributed by atoms with Crippen molar-refractivity contribution in [3.05, 3.63) is 0 Å². The minimum absolute atomic E-state index is 0.0983. The standard InChI is InChI=1S/C33H61N3O8/c1-20-12-33(6,40-10)29(44-30-27(37)25(34(7)8)11-21(2)43-30)22(3)28(38)32(4,5)31(39)42-19-26(35(9)13-20)24-15-36(16-24)14-23-17-41-18-23/h20-27,29-31,37,39H,11-19H2,1-10H3/t20-,21-,22+,25+,26+,27-,29-,30+,31?,33-/m1/s1. The highest BCUT2D eigenvalue weighted by Gasteiger charge is 2.51. The molecule has 4 aliphatic heterocycles. The van der Waals surface area contributed by atoms with E-state index in [1.807, 2.05) is 39.8 Å². The number of aliphatic hydroxyl groups is 2. The van der Waals surface area contributed by atoms with Gasteiger partial charge in [0.15, 0.2) is 12.6 Å². The van der Waals surface area contributed by atoms with Crippen LogP contribution >= 0.6 is 0 Å². The average Bonchev–Trinajstić information content (AvgIpc) is 2.90. The van der Waals surface area contributed by atoms with Gasteiger partial charge in [0, 0.05) is 63.1 Å². The second-order valence-electron chi connectivity index (χ2n) is 15.4. The normalized spacial score (nSPS) is 42.7. The fourth-order valence-corrected chi connectivity index (χ4v) is 7.91. The van der Waals surface area contributed by atoms with Crippen molar-refractivity contribution in [1.82, 2.24) is 14.7 Å². The molecule has 11 nitrogen and oxygen atoms in total. The zero-order valence-corrected chi connectivity index (χ0v) is 28.9. The van der Waals surface area contributed by atoms with Crippen LogP contribution in [0.15, 0.2) is 0 Å². The lowest BCUT2D eigenvalue weighted by Crippen LogP contribution is -2.60. The molecule has 4 fully saturated rings. The van der Waals surface area contributed by atoms with Crippen LogP contribution in [0.4, 0.5) is 0 Å². The number of carbonyl (C=O) groups excluding carboxylic acids is 1. The number of aliphatic hydroxyl groups excluding tert-OH is 2. The molecular formula is C33H61N3O8. The third kappa shape index (κ3) is 7.86. The molecule has 11 heteroatoms. The molecule has 10 atom stereocenters. The lowest BCUT2D eigenvalue weighted by Gasteiger charge is -2.48. The Labute approximate surface area is 265 Å². The number of nitrogens with zero attached hydrogens (tertiary/aromatic N) is 3. The van der Waals surface area contributed by atoms with Gasteiger partial charge in [-0.05, 0) is 67.6 Å². The van der Waals surface area contributed by atoms with Crippen LogP contribution in [0.3, 0.4) is 0 Å². The molecule has 0 aromatic rings. The van der Waals surface area contributed by atoms with Gasteiger partial charge in [-0.1, -0.05) is 13.8 Å². The molecule has 4 heterocycles. The Bertz CT molecular complexity index is 944. The van der Waals surface area contributed by atoms with Gasteiger partial charge in [-0.3, -0.25) is 4.79 Å². The number of Topliss-reactive ketones (excluding diaryl/α,β-unsaturated/α-hetero) is 1. The number of carbonyl (C=O) groups is 1. The first-order valence-corrected chi connectivity index (χ1v) is 16.6. The Hall–Kier alpha value is -0.730. The van der Waals surface area contributed by atoms with Crippen molar-refractivity contribution in [2.45, 2.75) is 103 Å². The van der Waals surface area contributed by atoms with E-state index in [2.05, 4.69) is 23.8 Å². The van der Waals surface area contributed by atoms with Gasteiger partial charge in [0.2, 0.25) is 0 Å². The molecule has 256 valence electrons. The van der Waals surface area contributed by atoms with E-state index in [1.54, 1.807) is 21.0 Å². The van der Waals surface area contributed by atoms with Crippen LogP contribution in [-0.2, 0) is 28.5 Å². The maximum atomic E-state index is 14.2. The number of hydrogen-bond donors (Lipinski definition) is 2. The summed E-state index contributed by atoms with van der Waals surface area (Å²) in [6.07, 6.45) is -2.72. The summed E-state index contributed by atoms with van der Waals surface area (Å²) in [6.45, 7) is 17.3. The SMILES string of the molecule is CO[C@]1(C)C[C@@H](C)CN(C)[C@H](C2CN(CC3COC3)C2)COC(O)C(C)(C)C(=O)[C@H](C)[C@H]1O[C@@H]1O[C@H](C)C[C@H](N(C)C)[C@H]1O. The van der Waals surface area contributed by atoms with Gasteiger partial charge in [-0.15, -0.1) is 0 Å². The third-order valence-corrected chi connectivity index (χ3v) is 10.8. The van der Waals surface area contributed by atoms with Gasteiger partial charge in [0.1, 0.15) is 11.9 Å². The van der Waals surface area contributed by atoms with E-state index in [4.69, 9.17) is 23.7 Å². The predicted octanol–water partition coefficient (Wildman–Crippen LogP) is 1.69. The molecule has 4 rings (SSSR count). The number of likely N-dealkylation sites (N-methyl/N-ethyl adjacent to an activating group) is 2. The van der Waals surface area contributed by atoms with Crippen molar-refractivity contribution in [3.8, 4) is 0 Å². The summed E-state index contributed by atoms with van der Waals surface area (Å²) in [4.78, 5) is 21.1. The van der Waals surface area contributed by atoms with Crippen molar-refractivity contribution in [2.75, 3.05) is 74.3 Å². The van der Waals surface area contributed by atoms with E-state index in [0.717, 1.165) is 39.4 Å². The number of likely N-dealkylation sites (tertiary alicyclic amines) is 1. The van der Waals surface area contributed by atoms with E-state index in [1.165, 1.54) is 0 Å². The fourth-order valence-electron chi connectivity index (χ4n) is 7.91. The Kier molecular flexibility index (Phi) is 12.0. The summed E-state index contributed by atoms with van der Waals surface area (Å²) in [7, 11) is 7.67. The van der Waals surface area contributed by atoms with Crippen LogP contribution in [-0.4, -0.2) is 154 Å². The molecule has 0 aromatic carbocycles. The largest absolute Gasteiger partial charge is 0.386 e. The molecule has 0 spiro atoms. The maximum Gasteiger partial charge on any atom is 0.185 e. The van der Waals surface area contributed by atoms with Gasteiger partial charge in [-0.25, -0.2) is 0 Å². The second kappa shape index (κ2) is 14.6. The molecule has 4 aliphatic rings. The first-order valence-electron chi connectivity index (χ1n) is 16.6. The minimum Gasteiger partial charge on any atom is -0.386 e. The zero-order valence-electron chi connectivity index (χ0n) is 28.9. The summed E-state index contributed by atoms with van der Waals surface area (Å²) >= 11 is 0. The highest BCUT2D eigenvalue weighted by molar-refractivity contribution is 5.87. The van der Waals surface area contributed by atoms with E-state index in [-0.39, 0.29) is 29.9 Å². The molecule has 0 bridgehead atoms. The Morgan fingerprint density at radius 2 is 1.70 bits per heavy atom. The molecule has 2 N–H and O–H groups in total. The Balaban J connectivity index is 1.59. The summed E-state index contributed by atoms with van der Waals surface area (Å²) in [5.74, 6) is 0.351. The molecule has 0 amide bonds. The fraction of sp³-hybridized carbons (Fsp3) is 0.970. The maximum absolute atomic E-state index is 14.2. The Morgan fingerprint density at radius 3 is 2.27 bits per heavy atom. The van der Waals surface area contributed by atoms with Crippen LogP contribution in [0.2, 0.25) is 0 Å². The lowest BCUT2D eigenvalue weighted by molar-refractivity contribution is -0.296. The molecular weight excluding hydrogens is 566 g/mol. The average molecular weight is 628 g/mol. The summed E-state index contributed by atoms with van der Waals surface area (Å²) < 4.78 is 30.6. The van der Waals surface area contributed by atoms with Crippen molar-refractivity contribution in [3.63, 3.8) is 0 Å². The third-order valence-electron chi connectivity index (χ3n) is 10.8. The monoisotopic (exact) mass is 627 g/mol. The van der Waals surface area contributed by atoms with Crippen LogP contribution < -0.4 is 0 Å². The summed E-state index contributed by atoms with van der Waals surface area (Å²) in [6, 6.07) is -0.0554. The quantitative estimate of drug-likeness (QED) is 0.430. The van der Waals surface area contributed by atoms with Crippen molar-refractivity contribution in [2.24, 2.45) is 29.1 Å². The van der Waals surface area contributed by atoms with Crippen LogP contribution in [0.5, 0.6) is 0 Å². The van der Waals surface area contributed by atoms with Gasteiger partial charge >= 0.3 is 0 Å². The van der Waals surface area contributed by atoms with Gasteiger partial charge < -0.3 is 48.6 Å². The van der Waals surface area contributed by atoms with Crippen LogP contribution in [0, 0.1) is 29.1 Å². The van der Waals surface area contributed by atoms with E-state index < -0.39 is 41.7 Å². The molecule has 0 saturated carbocycles. The second-order valence-corrected chi connectivity index (χ2v) is 15.4. The predicted molar refractivity (Wildman–Crippen MR) is 167 cm³/mol. The molecule has 0 aromatic heterocycles. The minimum atomic E-state index is -1.29. The smallest absolute Gasteiger partial charge is 0.185 e. The van der Waals surface area contributed by atoms with Crippen molar-refractivity contribution < 1.29 is 38.7 Å². The Morgan fingerprint density at radius 1 is 1.05 bits per heavy atom. The molecule has 1 unspecified atom stereocenters. The van der Waals surface area contributed by atoms with Gasteiger partial charge in [0.25, 0.3) is 0 Å². The van der Waals surface area contributed by atoms with Gasteiger partial charge in [-0.2, -0.15) is 0 Å². The zero-order chi connectivity index (χ0) is 32.6. The highest BCUT2D eigenvalue weighted by atomic mass is 16.7. The van der Waals surface area contributed by atoms with Crippen LogP contribution in [0.1, 0.15) is 54.4 Å². The van der Waals surface area contributed by atoms with Crippen LogP contribution in [0.25, 0.3) is 0 Å². The number of rotatable bonds is 7. The summed E-state index contributed by atoms with van der Waals surface area (Å²) in [5.41, 5.74) is -2.09. The van der Waals surface area contributed by atoms with E-state index in [9.17, 15) is 15.0 Å². The molecule has 0 radical (unpaired) electrons. The first-order chi connectivity index (χ1) is 20.6.